The van der Waals surface area contributed by atoms with Crippen LogP contribution in [0.2, 0.25) is 5.02 Å². The number of nitrogens with one attached hydrogen (secondary N) is 1. The highest BCUT2D eigenvalue weighted by molar-refractivity contribution is 7.91. The molecule has 0 fully saturated rings. The Hall–Kier alpha value is -1.70. The molecule has 2 aromatic rings. The van der Waals surface area contributed by atoms with Gasteiger partial charge in [0.05, 0.1) is 20.5 Å². The first-order valence-corrected chi connectivity index (χ1v) is 6.87. The van der Waals surface area contributed by atoms with Gasteiger partial charge in [-0.1, -0.05) is 11.6 Å². The standard InChI is InChI=1S/C11H8ClFN2O3S/c12-9-2-1-7(5-10(9)15-16)19(17,18)8-3-4-14-11(13)6-8/h1-6,15-16H. The molecule has 19 heavy (non-hydrogen) atoms. The number of pyridine rings is 1. The van der Waals surface area contributed by atoms with Crippen molar-refractivity contribution in [1.29, 1.82) is 0 Å². The first-order valence-electron chi connectivity index (χ1n) is 5.01. The zero-order valence-corrected chi connectivity index (χ0v) is 10.9. The van der Waals surface area contributed by atoms with Crippen molar-refractivity contribution in [2.45, 2.75) is 9.79 Å². The minimum Gasteiger partial charge on any atom is -0.291 e. The molecule has 100 valence electrons. The van der Waals surface area contributed by atoms with Gasteiger partial charge in [0, 0.05) is 12.3 Å². The van der Waals surface area contributed by atoms with Crippen LogP contribution in [-0.2, 0) is 9.84 Å². The SMILES string of the molecule is O=S(=O)(c1ccnc(F)c1)c1ccc(Cl)c(NO)c1. The van der Waals surface area contributed by atoms with Gasteiger partial charge >= 0.3 is 0 Å². The maximum atomic E-state index is 13.0. The molecule has 1 aromatic heterocycles. The van der Waals surface area contributed by atoms with Crippen LogP contribution in [0.3, 0.4) is 0 Å². The van der Waals surface area contributed by atoms with Gasteiger partial charge < -0.3 is 0 Å². The third-order valence-electron chi connectivity index (χ3n) is 2.38. The number of hydrogen-bond donors (Lipinski definition) is 2. The fourth-order valence-corrected chi connectivity index (χ4v) is 2.89. The van der Waals surface area contributed by atoms with Crippen molar-refractivity contribution >= 4 is 27.1 Å². The fourth-order valence-electron chi connectivity index (χ4n) is 1.45. The predicted molar refractivity (Wildman–Crippen MR) is 66.5 cm³/mol. The molecule has 8 heteroatoms. The maximum absolute atomic E-state index is 13.0. The van der Waals surface area contributed by atoms with Crippen molar-refractivity contribution in [3.8, 4) is 0 Å². The molecule has 0 unspecified atom stereocenters. The Morgan fingerprint density at radius 1 is 1.21 bits per heavy atom. The van der Waals surface area contributed by atoms with Crippen LogP contribution >= 0.6 is 11.6 Å². The van der Waals surface area contributed by atoms with Crippen LogP contribution in [0, 0.1) is 5.95 Å². The molecule has 2 rings (SSSR count). The van der Waals surface area contributed by atoms with Crippen LogP contribution < -0.4 is 5.48 Å². The summed E-state index contributed by atoms with van der Waals surface area (Å²) in [4.78, 5) is 2.93. The fraction of sp³-hybridized carbons (Fsp3) is 0. The second-order valence-corrected chi connectivity index (χ2v) is 5.93. The van der Waals surface area contributed by atoms with E-state index < -0.39 is 15.8 Å². The first-order chi connectivity index (χ1) is 8.95. The molecule has 1 heterocycles. The van der Waals surface area contributed by atoms with Gasteiger partial charge in [0.15, 0.2) is 0 Å². The van der Waals surface area contributed by atoms with Gasteiger partial charge in [-0.2, -0.15) is 4.39 Å². The molecule has 0 atom stereocenters. The first kappa shape index (κ1) is 13.7. The van der Waals surface area contributed by atoms with E-state index in [0.717, 1.165) is 18.3 Å². The third-order valence-corrected chi connectivity index (χ3v) is 4.46. The number of benzene rings is 1. The van der Waals surface area contributed by atoms with Gasteiger partial charge in [-0.15, -0.1) is 0 Å². The van der Waals surface area contributed by atoms with Crippen molar-refractivity contribution < 1.29 is 18.0 Å². The molecule has 0 spiro atoms. The topological polar surface area (TPSA) is 79.3 Å². The zero-order valence-electron chi connectivity index (χ0n) is 9.34. The van der Waals surface area contributed by atoms with Crippen molar-refractivity contribution in [1.82, 2.24) is 4.98 Å². The number of nitrogens with zero attached hydrogens (tertiary/aromatic N) is 1. The molecular formula is C11H8ClFN2O3S. The van der Waals surface area contributed by atoms with Crippen LogP contribution in [0.1, 0.15) is 0 Å². The average molecular weight is 303 g/mol. The van der Waals surface area contributed by atoms with Crippen molar-refractivity contribution in [2.75, 3.05) is 5.48 Å². The van der Waals surface area contributed by atoms with E-state index in [1.807, 2.05) is 0 Å². The molecular weight excluding hydrogens is 295 g/mol. The normalized spacial score (nSPS) is 11.3. The summed E-state index contributed by atoms with van der Waals surface area (Å²) in [5, 5.41) is 8.98. The number of sulfone groups is 1. The maximum Gasteiger partial charge on any atom is 0.214 e. The molecule has 1 aromatic carbocycles. The Morgan fingerprint density at radius 3 is 2.53 bits per heavy atom. The molecule has 0 bridgehead atoms. The van der Waals surface area contributed by atoms with Gasteiger partial charge in [-0.25, -0.2) is 13.4 Å². The minimum atomic E-state index is -3.90. The summed E-state index contributed by atoms with van der Waals surface area (Å²) in [7, 11) is -3.90. The van der Waals surface area contributed by atoms with Crippen LogP contribution in [0.15, 0.2) is 46.3 Å². The summed E-state index contributed by atoms with van der Waals surface area (Å²) in [5.41, 5.74) is 1.83. The highest BCUT2D eigenvalue weighted by Gasteiger charge is 2.19. The summed E-state index contributed by atoms with van der Waals surface area (Å²) in [6.07, 6.45) is 1.06. The molecule has 5 nitrogen and oxygen atoms in total. The van der Waals surface area contributed by atoms with E-state index in [0.29, 0.717) is 0 Å². The highest BCUT2D eigenvalue weighted by atomic mass is 35.5. The van der Waals surface area contributed by atoms with Crippen LogP contribution in [0.25, 0.3) is 0 Å². The Kier molecular flexibility index (Phi) is 3.70. The lowest BCUT2D eigenvalue weighted by atomic mass is 10.3. The zero-order chi connectivity index (χ0) is 14.0. The smallest absolute Gasteiger partial charge is 0.214 e. The summed E-state index contributed by atoms with van der Waals surface area (Å²) < 4.78 is 37.4. The van der Waals surface area contributed by atoms with E-state index in [2.05, 4.69) is 4.98 Å². The van der Waals surface area contributed by atoms with E-state index in [4.69, 9.17) is 16.8 Å². The average Bonchev–Trinajstić information content (AvgIpc) is 2.39. The Balaban J connectivity index is 2.57. The second kappa shape index (κ2) is 5.12. The van der Waals surface area contributed by atoms with Crippen LogP contribution in [-0.4, -0.2) is 18.6 Å². The van der Waals surface area contributed by atoms with E-state index >= 15 is 0 Å². The lowest BCUT2D eigenvalue weighted by Gasteiger charge is -2.07. The van der Waals surface area contributed by atoms with Crippen LogP contribution in [0.4, 0.5) is 10.1 Å². The van der Waals surface area contributed by atoms with Crippen molar-refractivity contribution in [3.63, 3.8) is 0 Å². The number of anilines is 1. The molecule has 0 saturated carbocycles. The molecule has 0 radical (unpaired) electrons. The molecule has 0 aliphatic heterocycles. The van der Waals surface area contributed by atoms with E-state index in [1.165, 1.54) is 18.2 Å². The lowest BCUT2D eigenvalue weighted by molar-refractivity contribution is 0.389. The molecule has 0 amide bonds. The summed E-state index contributed by atoms with van der Waals surface area (Å²) in [5.74, 6) is -0.893. The highest BCUT2D eigenvalue weighted by Crippen LogP contribution is 2.28. The summed E-state index contributed by atoms with van der Waals surface area (Å²) in [6.45, 7) is 0. The molecule has 2 N–H and O–H groups in total. The van der Waals surface area contributed by atoms with E-state index in [1.54, 1.807) is 5.48 Å². The lowest BCUT2D eigenvalue weighted by Crippen LogP contribution is -2.04. The van der Waals surface area contributed by atoms with Gasteiger partial charge in [-0.3, -0.25) is 10.7 Å². The van der Waals surface area contributed by atoms with E-state index in [9.17, 15) is 12.8 Å². The van der Waals surface area contributed by atoms with E-state index in [-0.39, 0.29) is 20.5 Å². The summed E-state index contributed by atoms with van der Waals surface area (Å²) in [6, 6.07) is 5.71. The van der Waals surface area contributed by atoms with Gasteiger partial charge in [0.2, 0.25) is 15.8 Å². The van der Waals surface area contributed by atoms with Crippen LogP contribution in [0.5, 0.6) is 0 Å². The Morgan fingerprint density at radius 2 is 1.89 bits per heavy atom. The number of rotatable bonds is 3. The third kappa shape index (κ3) is 2.67. The second-order valence-electron chi connectivity index (χ2n) is 3.57. The summed E-state index contributed by atoms with van der Waals surface area (Å²) >= 11 is 5.73. The molecule has 0 saturated heterocycles. The van der Waals surface area contributed by atoms with Gasteiger partial charge in [-0.05, 0) is 24.3 Å². The predicted octanol–water partition coefficient (Wildman–Crippen LogP) is 2.51. The Labute approximate surface area is 113 Å². The minimum absolute atomic E-state index is 0.0391. The monoisotopic (exact) mass is 302 g/mol. The number of aromatic nitrogens is 1. The molecule has 0 aliphatic rings. The van der Waals surface area contributed by atoms with Gasteiger partial charge in [0.25, 0.3) is 0 Å². The van der Waals surface area contributed by atoms with Gasteiger partial charge in [0.1, 0.15) is 0 Å². The number of hydrogen-bond acceptors (Lipinski definition) is 5. The number of halogens is 2. The quantitative estimate of drug-likeness (QED) is 0.673. The molecule has 0 aliphatic carbocycles. The largest absolute Gasteiger partial charge is 0.291 e. The van der Waals surface area contributed by atoms with Crippen molar-refractivity contribution in [3.05, 3.63) is 47.5 Å². The van der Waals surface area contributed by atoms with Crippen molar-refractivity contribution in [2.24, 2.45) is 0 Å². The Bertz CT molecular complexity index is 722.